The van der Waals surface area contributed by atoms with Gasteiger partial charge in [-0.2, -0.15) is 0 Å². The number of methoxy groups -OCH3 is 1. The monoisotopic (exact) mass is 247 g/mol. The molecule has 1 atom stereocenters. The summed E-state index contributed by atoms with van der Waals surface area (Å²) >= 11 is 1.64. The fraction of sp³-hybridized carbons (Fsp3) is 0.286. The topological polar surface area (TPSA) is 35.2 Å². The third kappa shape index (κ3) is 2.35. The van der Waals surface area contributed by atoms with Crippen LogP contribution in [0.15, 0.2) is 29.6 Å². The molecular weight excluding hydrogens is 230 g/mol. The van der Waals surface area contributed by atoms with E-state index in [-0.39, 0.29) is 6.04 Å². The fourth-order valence-corrected chi connectivity index (χ4v) is 2.82. The smallest absolute Gasteiger partial charge is 0.134 e. The molecule has 2 rings (SSSR count). The Morgan fingerprint density at radius 3 is 2.71 bits per heavy atom. The van der Waals surface area contributed by atoms with Crippen LogP contribution in [-0.4, -0.2) is 7.11 Å². The van der Waals surface area contributed by atoms with E-state index in [1.54, 1.807) is 18.4 Å². The average molecular weight is 247 g/mol. The van der Waals surface area contributed by atoms with Crippen LogP contribution in [0.3, 0.4) is 0 Å². The molecule has 0 aliphatic heterocycles. The Balaban J connectivity index is 2.43. The Kier molecular flexibility index (Phi) is 3.50. The van der Waals surface area contributed by atoms with Crippen molar-refractivity contribution in [1.29, 1.82) is 0 Å². The van der Waals surface area contributed by atoms with Crippen LogP contribution in [0.5, 0.6) is 5.75 Å². The van der Waals surface area contributed by atoms with Gasteiger partial charge in [0.25, 0.3) is 0 Å². The molecule has 0 bridgehead atoms. The van der Waals surface area contributed by atoms with E-state index < -0.39 is 0 Å². The van der Waals surface area contributed by atoms with E-state index in [0.29, 0.717) is 0 Å². The van der Waals surface area contributed by atoms with Crippen LogP contribution in [0.25, 0.3) is 0 Å². The molecule has 0 spiro atoms. The first kappa shape index (κ1) is 12.1. The van der Waals surface area contributed by atoms with Gasteiger partial charge < -0.3 is 10.5 Å². The third-order valence-electron chi connectivity index (χ3n) is 2.93. The summed E-state index contributed by atoms with van der Waals surface area (Å²) in [6.45, 7) is 4.18. The Morgan fingerprint density at radius 2 is 2.00 bits per heavy atom. The fourth-order valence-electron chi connectivity index (χ4n) is 1.94. The lowest BCUT2D eigenvalue weighted by Gasteiger charge is -2.15. The van der Waals surface area contributed by atoms with Gasteiger partial charge in [0.1, 0.15) is 5.75 Å². The van der Waals surface area contributed by atoms with Gasteiger partial charge in [0.2, 0.25) is 0 Å². The zero-order valence-electron chi connectivity index (χ0n) is 10.4. The predicted octanol–water partition coefficient (Wildman–Crippen LogP) is 3.42. The molecule has 90 valence electrons. The molecular formula is C14H17NOS. The van der Waals surface area contributed by atoms with E-state index in [0.717, 1.165) is 10.6 Å². The maximum atomic E-state index is 6.34. The van der Waals surface area contributed by atoms with Gasteiger partial charge in [-0.1, -0.05) is 23.8 Å². The van der Waals surface area contributed by atoms with Crippen molar-refractivity contribution in [3.63, 3.8) is 0 Å². The molecule has 0 saturated heterocycles. The number of hydrogen-bond acceptors (Lipinski definition) is 3. The van der Waals surface area contributed by atoms with Crippen molar-refractivity contribution in [3.8, 4) is 5.75 Å². The van der Waals surface area contributed by atoms with E-state index in [1.165, 1.54) is 16.7 Å². The highest BCUT2D eigenvalue weighted by atomic mass is 32.1. The summed E-state index contributed by atoms with van der Waals surface area (Å²) in [6.07, 6.45) is 0. The maximum Gasteiger partial charge on any atom is 0.134 e. The van der Waals surface area contributed by atoms with Crippen LogP contribution >= 0.6 is 11.3 Å². The molecule has 1 aromatic heterocycles. The summed E-state index contributed by atoms with van der Waals surface area (Å²) in [7, 11) is 1.68. The van der Waals surface area contributed by atoms with Gasteiger partial charge in [-0.25, -0.2) is 0 Å². The number of ether oxygens (including phenoxy) is 1. The molecule has 3 heteroatoms. The van der Waals surface area contributed by atoms with Gasteiger partial charge in [0.05, 0.1) is 18.0 Å². The van der Waals surface area contributed by atoms with Crippen molar-refractivity contribution in [1.82, 2.24) is 0 Å². The van der Waals surface area contributed by atoms with Gasteiger partial charge in [-0.15, -0.1) is 11.3 Å². The molecule has 0 aliphatic carbocycles. The second-order valence-corrected chi connectivity index (χ2v) is 5.14. The molecule has 2 nitrogen and oxygen atoms in total. The molecule has 0 aliphatic rings. The summed E-state index contributed by atoms with van der Waals surface area (Å²) in [5.74, 6) is 0.878. The van der Waals surface area contributed by atoms with Crippen molar-refractivity contribution in [2.45, 2.75) is 19.9 Å². The first-order chi connectivity index (χ1) is 8.13. The number of hydrogen-bond donors (Lipinski definition) is 1. The number of nitrogens with two attached hydrogens (primary N) is 1. The molecule has 17 heavy (non-hydrogen) atoms. The van der Waals surface area contributed by atoms with Gasteiger partial charge in [0, 0.05) is 0 Å². The molecule has 0 amide bonds. The first-order valence-corrected chi connectivity index (χ1v) is 6.45. The van der Waals surface area contributed by atoms with Crippen LogP contribution in [-0.2, 0) is 0 Å². The normalized spacial score (nSPS) is 12.5. The van der Waals surface area contributed by atoms with E-state index in [4.69, 9.17) is 10.5 Å². The minimum atomic E-state index is -0.107. The van der Waals surface area contributed by atoms with Crippen molar-refractivity contribution >= 4 is 11.3 Å². The molecule has 0 radical (unpaired) electrons. The average Bonchev–Trinajstić information content (AvgIpc) is 2.79. The highest BCUT2D eigenvalue weighted by Crippen LogP contribution is 2.34. The minimum absolute atomic E-state index is 0.107. The van der Waals surface area contributed by atoms with Crippen LogP contribution in [0.2, 0.25) is 0 Å². The summed E-state index contributed by atoms with van der Waals surface area (Å²) < 4.78 is 5.33. The summed E-state index contributed by atoms with van der Waals surface area (Å²) in [6, 6.07) is 8.23. The minimum Gasteiger partial charge on any atom is -0.496 e. The van der Waals surface area contributed by atoms with Crippen LogP contribution in [0.1, 0.15) is 27.6 Å². The molecule has 1 heterocycles. The highest BCUT2D eigenvalue weighted by molar-refractivity contribution is 7.10. The SMILES string of the molecule is COc1ccsc1C(N)c1cc(C)ccc1C. The summed E-state index contributed by atoms with van der Waals surface area (Å²) in [4.78, 5) is 1.08. The molecule has 1 unspecified atom stereocenters. The molecule has 2 aromatic rings. The maximum absolute atomic E-state index is 6.34. The third-order valence-corrected chi connectivity index (χ3v) is 3.91. The van der Waals surface area contributed by atoms with E-state index in [2.05, 4.69) is 32.0 Å². The standard InChI is InChI=1S/C14H17NOS/c1-9-4-5-10(2)11(8-9)13(15)14-12(16-3)6-7-17-14/h4-8,13H,15H2,1-3H3. The van der Waals surface area contributed by atoms with Crippen LogP contribution < -0.4 is 10.5 Å². The second kappa shape index (κ2) is 4.90. The first-order valence-electron chi connectivity index (χ1n) is 5.57. The summed E-state index contributed by atoms with van der Waals surface area (Å²) in [5.41, 5.74) is 9.96. The van der Waals surface area contributed by atoms with Crippen molar-refractivity contribution in [2.24, 2.45) is 5.73 Å². The lowest BCUT2D eigenvalue weighted by atomic mass is 9.98. The quantitative estimate of drug-likeness (QED) is 0.902. The lowest BCUT2D eigenvalue weighted by Crippen LogP contribution is -2.12. The highest BCUT2D eigenvalue weighted by Gasteiger charge is 2.17. The largest absolute Gasteiger partial charge is 0.496 e. The van der Waals surface area contributed by atoms with Crippen LogP contribution in [0.4, 0.5) is 0 Å². The number of thiophene rings is 1. The Bertz CT molecular complexity index is 519. The Hall–Kier alpha value is -1.32. The van der Waals surface area contributed by atoms with Crippen molar-refractivity contribution in [2.75, 3.05) is 7.11 Å². The molecule has 2 N–H and O–H groups in total. The van der Waals surface area contributed by atoms with Gasteiger partial charge in [0.15, 0.2) is 0 Å². The molecule has 0 fully saturated rings. The number of benzene rings is 1. The van der Waals surface area contributed by atoms with Gasteiger partial charge >= 0.3 is 0 Å². The lowest BCUT2D eigenvalue weighted by molar-refractivity contribution is 0.411. The summed E-state index contributed by atoms with van der Waals surface area (Å²) in [5, 5.41) is 2.01. The predicted molar refractivity (Wildman–Crippen MR) is 72.8 cm³/mol. The van der Waals surface area contributed by atoms with Crippen molar-refractivity contribution in [3.05, 3.63) is 51.2 Å². The molecule has 0 saturated carbocycles. The van der Waals surface area contributed by atoms with Gasteiger partial charge in [-0.05, 0) is 36.4 Å². The zero-order chi connectivity index (χ0) is 12.4. The zero-order valence-corrected chi connectivity index (χ0v) is 11.2. The van der Waals surface area contributed by atoms with Crippen LogP contribution in [0, 0.1) is 13.8 Å². The van der Waals surface area contributed by atoms with E-state index in [9.17, 15) is 0 Å². The van der Waals surface area contributed by atoms with E-state index in [1.807, 2.05) is 11.4 Å². The van der Waals surface area contributed by atoms with E-state index >= 15 is 0 Å². The number of aryl methyl sites for hydroxylation is 2. The van der Waals surface area contributed by atoms with Crippen molar-refractivity contribution < 1.29 is 4.74 Å². The van der Waals surface area contributed by atoms with Gasteiger partial charge in [-0.3, -0.25) is 0 Å². The number of rotatable bonds is 3. The molecule has 1 aromatic carbocycles. The Labute approximate surface area is 106 Å². The Morgan fingerprint density at radius 1 is 1.24 bits per heavy atom. The second-order valence-electron chi connectivity index (χ2n) is 4.19.